The Morgan fingerprint density at radius 1 is 1.36 bits per heavy atom. The molecule has 1 unspecified atom stereocenters. The highest BCUT2D eigenvalue weighted by molar-refractivity contribution is 14.0. The van der Waals surface area contributed by atoms with E-state index in [4.69, 9.17) is 13.9 Å². The number of benzene rings is 1. The van der Waals surface area contributed by atoms with Crippen LogP contribution in [0.3, 0.4) is 0 Å². The zero-order valence-electron chi connectivity index (χ0n) is 16.4. The summed E-state index contributed by atoms with van der Waals surface area (Å²) in [6.45, 7) is 5.41. The Morgan fingerprint density at radius 3 is 2.96 bits per heavy atom. The van der Waals surface area contributed by atoms with Crippen molar-refractivity contribution in [2.24, 2.45) is 4.99 Å². The molecule has 0 bridgehead atoms. The van der Waals surface area contributed by atoms with Crippen molar-refractivity contribution in [3.63, 3.8) is 0 Å². The fourth-order valence-electron chi connectivity index (χ4n) is 3.17. The van der Waals surface area contributed by atoms with E-state index in [1.807, 2.05) is 6.92 Å². The van der Waals surface area contributed by atoms with E-state index in [2.05, 4.69) is 15.6 Å². The summed E-state index contributed by atoms with van der Waals surface area (Å²) in [5, 5.41) is 7.29. The molecule has 1 atom stereocenters. The summed E-state index contributed by atoms with van der Waals surface area (Å²) in [5.41, 5.74) is 1.63. The van der Waals surface area contributed by atoms with Crippen molar-refractivity contribution in [3.05, 3.63) is 35.3 Å². The largest absolute Gasteiger partial charge is 0.459 e. The Bertz CT molecular complexity index is 775. The molecule has 1 saturated heterocycles. The van der Waals surface area contributed by atoms with Gasteiger partial charge in [-0.2, -0.15) is 0 Å². The molecule has 1 aliphatic rings. The smallest absolute Gasteiger partial charge is 0.191 e. The van der Waals surface area contributed by atoms with Crippen LogP contribution in [0.4, 0.5) is 4.39 Å². The maximum Gasteiger partial charge on any atom is 0.191 e. The number of furan rings is 1. The monoisotopic (exact) mass is 505 g/mol. The Morgan fingerprint density at radius 2 is 2.21 bits per heavy atom. The SMILES string of the molecule is CN=C(NCCCOCC1CCCO1)NCc1oc2ccc(F)cc2c1C.I. The summed E-state index contributed by atoms with van der Waals surface area (Å²) in [6, 6.07) is 4.57. The normalized spacial score (nSPS) is 17.0. The Kier molecular flexibility index (Phi) is 9.46. The number of hydrogen-bond donors (Lipinski definition) is 2. The van der Waals surface area contributed by atoms with E-state index in [-0.39, 0.29) is 35.9 Å². The lowest BCUT2D eigenvalue weighted by Gasteiger charge is -2.12. The molecular formula is C20H29FIN3O3. The Labute approximate surface area is 182 Å². The maximum atomic E-state index is 13.4. The number of nitrogens with zero attached hydrogens (tertiary/aromatic N) is 1. The highest BCUT2D eigenvalue weighted by Gasteiger charge is 2.15. The average molecular weight is 505 g/mol. The summed E-state index contributed by atoms with van der Waals surface area (Å²) in [6.07, 6.45) is 3.39. The number of fused-ring (bicyclic) bond motifs is 1. The molecule has 2 heterocycles. The molecule has 28 heavy (non-hydrogen) atoms. The number of aliphatic imine (C=N–C) groups is 1. The first-order chi connectivity index (χ1) is 13.2. The van der Waals surface area contributed by atoms with Gasteiger partial charge in [-0.1, -0.05) is 0 Å². The van der Waals surface area contributed by atoms with E-state index >= 15 is 0 Å². The van der Waals surface area contributed by atoms with E-state index in [0.29, 0.717) is 31.3 Å². The molecule has 0 aliphatic carbocycles. The van der Waals surface area contributed by atoms with E-state index in [0.717, 1.165) is 49.1 Å². The molecule has 1 aromatic heterocycles. The van der Waals surface area contributed by atoms with E-state index in [1.165, 1.54) is 12.1 Å². The van der Waals surface area contributed by atoms with Gasteiger partial charge in [0.15, 0.2) is 5.96 Å². The van der Waals surface area contributed by atoms with Crippen LogP contribution in [-0.2, 0) is 16.0 Å². The highest BCUT2D eigenvalue weighted by Crippen LogP contribution is 2.25. The molecule has 1 aromatic carbocycles. The minimum Gasteiger partial charge on any atom is -0.459 e. The minimum atomic E-state index is -0.259. The van der Waals surface area contributed by atoms with Gasteiger partial charge in [-0.05, 0) is 44.4 Å². The summed E-state index contributed by atoms with van der Waals surface area (Å²) in [7, 11) is 1.73. The van der Waals surface area contributed by atoms with Gasteiger partial charge in [-0.3, -0.25) is 4.99 Å². The Balaban J connectivity index is 0.00000280. The standard InChI is InChI=1S/C20H28FN3O3.HI/c1-14-17-11-15(21)6-7-18(17)27-19(14)12-24-20(22-2)23-8-4-9-25-13-16-5-3-10-26-16;/h6-7,11,16H,3-5,8-10,12-13H2,1-2H3,(H2,22,23,24);1H. The first-order valence-electron chi connectivity index (χ1n) is 9.48. The highest BCUT2D eigenvalue weighted by atomic mass is 127. The lowest BCUT2D eigenvalue weighted by molar-refractivity contribution is 0.0168. The third-order valence-electron chi connectivity index (χ3n) is 4.72. The van der Waals surface area contributed by atoms with Crippen molar-refractivity contribution < 1.29 is 18.3 Å². The van der Waals surface area contributed by atoms with Crippen molar-refractivity contribution >= 4 is 40.9 Å². The van der Waals surface area contributed by atoms with Gasteiger partial charge < -0.3 is 24.5 Å². The molecule has 156 valence electrons. The molecule has 0 spiro atoms. The second-order valence-electron chi connectivity index (χ2n) is 6.71. The fourth-order valence-corrected chi connectivity index (χ4v) is 3.17. The predicted octanol–water partition coefficient (Wildman–Crippen LogP) is 3.75. The minimum absolute atomic E-state index is 0. The van der Waals surface area contributed by atoms with Crippen LogP contribution >= 0.6 is 24.0 Å². The Hall–Kier alpha value is -1.39. The second-order valence-corrected chi connectivity index (χ2v) is 6.71. The lowest BCUT2D eigenvalue weighted by atomic mass is 10.1. The molecule has 3 rings (SSSR count). The van der Waals surface area contributed by atoms with Gasteiger partial charge >= 0.3 is 0 Å². The second kappa shape index (κ2) is 11.6. The van der Waals surface area contributed by atoms with Crippen molar-refractivity contribution in [3.8, 4) is 0 Å². The summed E-state index contributed by atoms with van der Waals surface area (Å²) < 4.78 is 30.4. The number of ether oxygens (including phenoxy) is 2. The molecule has 1 fully saturated rings. The van der Waals surface area contributed by atoms with Gasteiger partial charge in [0.2, 0.25) is 0 Å². The van der Waals surface area contributed by atoms with Crippen molar-refractivity contribution in [1.82, 2.24) is 10.6 Å². The fraction of sp³-hybridized carbons (Fsp3) is 0.550. The van der Waals surface area contributed by atoms with Crippen molar-refractivity contribution in [1.29, 1.82) is 0 Å². The molecule has 8 heteroatoms. The zero-order chi connectivity index (χ0) is 19.1. The van der Waals surface area contributed by atoms with E-state index in [9.17, 15) is 4.39 Å². The molecule has 6 nitrogen and oxygen atoms in total. The third kappa shape index (κ3) is 6.31. The first kappa shape index (κ1) is 22.9. The first-order valence-corrected chi connectivity index (χ1v) is 9.48. The average Bonchev–Trinajstić information content (AvgIpc) is 3.29. The van der Waals surface area contributed by atoms with Gasteiger partial charge in [0.05, 0.1) is 19.3 Å². The molecule has 1 aliphatic heterocycles. The number of nitrogens with one attached hydrogen (secondary N) is 2. The number of guanidine groups is 1. The predicted molar refractivity (Wildman–Crippen MR) is 119 cm³/mol. The molecule has 0 saturated carbocycles. The van der Waals surface area contributed by atoms with Crippen LogP contribution in [0.1, 0.15) is 30.6 Å². The van der Waals surface area contributed by atoms with Gasteiger partial charge in [0.25, 0.3) is 0 Å². The molecule has 2 N–H and O–H groups in total. The van der Waals surface area contributed by atoms with Crippen LogP contribution in [0, 0.1) is 12.7 Å². The molecule has 0 amide bonds. The van der Waals surface area contributed by atoms with Crippen molar-refractivity contribution in [2.45, 2.75) is 38.8 Å². The van der Waals surface area contributed by atoms with Crippen molar-refractivity contribution in [2.75, 3.05) is 33.4 Å². The van der Waals surface area contributed by atoms with Crippen LogP contribution in [0.2, 0.25) is 0 Å². The molecular weight excluding hydrogens is 476 g/mol. The van der Waals surface area contributed by atoms with Crippen LogP contribution in [-0.4, -0.2) is 45.5 Å². The summed E-state index contributed by atoms with van der Waals surface area (Å²) >= 11 is 0. The maximum absolute atomic E-state index is 13.4. The van der Waals surface area contributed by atoms with Gasteiger partial charge in [0, 0.05) is 37.8 Å². The number of rotatable bonds is 8. The molecule has 2 aromatic rings. The number of aryl methyl sites for hydroxylation is 1. The summed E-state index contributed by atoms with van der Waals surface area (Å²) in [5.74, 6) is 1.21. The van der Waals surface area contributed by atoms with Gasteiger partial charge in [-0.15, -0.1) is 24.0 Å². The topological polar surface area (TPSA) is 68.0 Å². The third-order valence-corrected chi connectivity index (χ3v) is 4.72. The van der Waals surface area contributed by atoms with E-state index < -0.39 is 0 Å². The number of hydrogen-bond acceptors (Lipinski definition) is 4. The summed E-state index contributed by atoms with van der Waals surface area (Å²) in [4.78, 5) is 4.21. The van der Waals surface area contributed by atoms with Crippen LogP contribution in [0.5, 0.6) is 0 Å². The zero-order valence-corrected chi connectivity index (χ0v) is 18.8. The van der Waals surface area contributed by atoms with Gasteiger partial charge in [0.1, 0.15) is 17.2 Å². The van der Waals surface area contributed by atoms with E-state index in [1.54, 1.807) is 13.1 Å². The quantitative estimate of drug-likeness (QED) is 0.248. The molecule has 0 radical (unpaired) electrons. The van der Waals surface area contributed by atoms with Gasteiger partial charge in [-0.25, -0.2) is 4.39 Å². The number of halogens is 2. The van der Waals surface area contributed by atoms with Crippen LogP contribution < -0.4 is 10.6 Å². The van der Waals surface area contributed by atoms with Crippen LogP contribution in [0.25, 0.3) is 11.0 Å². The lowest BCUT2D eigenvalue weighted by Crippen LogP contribution is -2.37. The van der Waals surface area contributed by atoms with Crippen LogP contribution in [0.15, 0.2) is 27.6 Å².